The van der Waals surface area contributed by atoms with E-state index in [-0.39, 0.29) is 0 Å². The van der Waals surface area contributed by atoms with Gasteiger partial charge in [0.1, 0.15) is 0 Å². The van der Waals surface area contributed by atoms with E-state index in [0.717, 1.165) is 5.69 Å². The molecule has 70 valence electrons. The largest absolute Gasteiger partial charge is 0.261 e. The summed E-state index contributed by atoms with van der Waals surface area (Å²) in [5.41, 5.74) is 2.15. The molecule has 0 spiro atoms. The van der Waals surface area contributed by atoms with Crippen LogP contribution in [0.25, 0.3) is 16.6 Å². The first kappa shape index (κ1) is 9.09. The van der Waals surface area contributed by atoms with Crippen LogP contribution in [0.2, 0.25) is 0 Å². The summed E-state index contributed by atoms with van der Waals surface area (Å²) in [5.74, 6) is 0. The first-order chi connectivity index (χ1) is 6.92. The third kappa shape index (κ3) is 1.72. The molecule has 0 aliphatic carbocycles. The molecular formula is C11H10N2S. The molecule has 0 N–H and O–H groups in total. The Bertz CT molecular complexity index is 432. The third-order valence-corrected chi connectivity index (χ3v) is 2.79. The van der Waals surface area contributed by atoms with Gasteiger partial charge in [0.2, 0.25) is 0 Å². The van der Waals surface area contributed by atoms with Crippen molar-refractivity contribution < 1.29 is 0 Å². The molecule has 0 unspecified atom stereocenters. The summed E-state index contributed by atoms with van der Waals surface area (Å²) in [6.07, 6.45) is 9.31. The van der Waals surface area contributed by atoms with Crippen LogP contribution in [0.5, 0.6) is 0 Å². The topological polar surface area (TPSA) is 25.8 Å². The van der Waals surface area contributed by atoms with E-state index >= 15 is 0 Å². The van der Waals surface area contributed by atoms with Crippen LogP contribution in [-0.4, -0.2) is 9.97 Å². The van der Waals surface area contributed by atoms with Crippen molar-refractivity contribution in [2.45, 2.75) is 6.92 Å². The monoisotopic (exact) mass is 202 g/mol. The average Bonchev–Trinajstić information content (AvgIpc) is 2.68. The predicted octanol–water partition coefficient (Wildman–Crippen LogP) is 3.24. The predicted molar refractivity (Wildman–Crippen MR) is 60.1 cm³/mol. The number of nitrogens with zero attached hydrogens (tertiary/aromatic N) is 2. The molecule has 0 atom stereocenters. The van der Waals surface area contributed by atoms with Crippen molar-refractivity contribution in [2.75, 3.05) is 0 Å². The maximum Gasteiger partial charge on any atom is 0.0990 e. The van der Waals surface area contributed by atoms with Crippen LogP contribution in [0.1, 0.15) is 12.5 Å². The molecule has 0 aliphatic heterocycles. The van der Waals surface area contributed by atoms with Crippen LogP contribution in [-0.2, 0) is 0 Å². The van der Waals surface area contributed by atoms with E-state index in [4.69, 9.17) is 0 Å². The molecule has 0 saturated carbocycles. The number of aromatic nitrogens is 2. The zero-order chi connectivity index (χ0) is 9.80. The van der Waals surface area contributed by atoms with Crippen molar-refractivity contribution >= 4 is 17.4 Å². The van der Waals surface area contributed by atoms with Crippen molar-refractivity contribution in [3.05, 3.63) is 41.7 Å². The summed E-state index contributed by atoms with van der Waals surface area (Å²) >= 11 is 1.69. The number of hydrogen-bond donors (Lipinski definition) is 0. The van der Waals surface area contributed by atoms with Crippen LogP contribution in [0, 0.1) is 0 Å². The lowest BCUT2D eigenvalue weighted by Gasteiger charge is -1.96. The Morgan fingerprint density at radius 1 is 1.36 bits per heavy atom. The highest BCUT2D eigenvalue weighted by atomic mass is 32.1. The Kier molecular flexibility index (Phi) is 2.70. The molecule has 14 heavy (non-hydrogen) atoms. The van der Waals surface area contributed by atoms with Gasteiger partial charge < -0.3 is 0 Å². The van der Waals surface area contributed by atoms with Gasteiger partial charge in [0, 0.05) is 12.4 Å². The quantitative estimate of drug-likeness (QED) is 0.747. The highest BCUT2D eigenvalue weighted by Crippen LogP contribution is 2.28. The van der Waals surface area contributed by atoms with E-state index in [2.05, 4.69) is 27.5 Å². The van der Waals surface area contributed by atoms with Crippen molar-refractivity contribution in [2.24, 2.45) is 0 Å². The van der Waals surface area contributed by atoms with E-state index in [1.165, 1.54) is 10.4 Å². The van der Waals surface area contributed by atoms with E-state index in [9.17, 15) is 0 Å². The fourth-order valence-corrected chi connectivity index (χ4v) is 2.10. The molecule has 2 heterocycles. The van der Waals surface area contributed by atoms with E-state index in [0.29, 0.717) is 0 Å². The Labute approximate surface area is 87.0 Å². The SMILES string of the molecule is C/C=C/c1ccsc1-c1cnccn1. The van der Waals surface area contributed by atoms with Crippen LogP contribution in [0.15, 0.2) is 36.1 Å². The van der Waals surface area contributed by atoms with Crippen molar-refractivity contribution in [3.8, 4) is 10.6 Å². The van der Waals surface area contributed by atoms with Crippen LogP contribution in [0.3, 0.4) is 0 Å². The first-order valence-electron chi connectivity index (χ1n) is 4.38. The van der Waals surface area contributed by atoms with E-state index in [1.807, 2.05) is 13.0 Å². The van der Waals surface area contributed by atoms with Crippen LogP contribution in [0.4, 0.5) is 0 Å². The van der Waals surface area contributed by atoms with Crippen molar-refractivity contribution in [1.82, 2.24) is 9.97 Å². The fourth-order valence-electron chi connectivity index (χ4n) is 1.25. The maximum absolute atomic E-state index is 4.28. The first-order valence-corrected chi connectivity index (χ1v) is 5.26. The molecule has 0 bridgehead atoms. The highest BCUT2D eigenvalue weighted by molar-refractivity contribution is 7.13. The van der Waals surface area contributed by atoms with E-state index in [1.54, 1.807) is 29.9 Å². The third-order valence-electron chi connectivity index (χ3n) is 1.84. The zero-order valence-electron chi connectivity index (χ0n) is 7.84. The van der Waals surface area contributed by atoms with Gasteiger partial charge in [0.25, 0.3) is 0 Å². The maximum atomic E-state index is 4.28. The molecule has 0 fully saturated rings. The van der Waals surface area contributed by atoms with E-state index < -0.39 is 0 Å². The lowest BCUT2D eigenvalue weighted by atomic mass is 10.2. The Morgan fingerprint density at radius 3 is 3.00 bits per heavy atom. The molecule has 0 radical (unpaired) electrons. The van der Waals surface area contributed by atoms with Gasteiger partial charge in [-0.15, -0.1) is 11.3 Å². The van der Waals surface area contributed by atoms with Gasteiger partial charge in [-0.1, -0.05) is 12.2 Å². The van der Waals surface area contributed by atoms with Gasteiger partial charge in [-0.3, -0.25) is 9.97 Å². The summed E-state index contributed by atoms with van der Waals surface area (Å²) in [7, 11) is 0. The molecule has 0 amide bonds. The lowest BCUT2D eigenvalue weighted by Crippen LogP contribution is -1.82. The van der Waals surface area contributed by atoms with Gasteiger partial charge in [-0.25, -0.2) is 0 Å². The molecule has 0 aromatic carbocycles. The number of hydrogen-bond acceptors (Lipinski definition) is 3. The highest BCUT2D eigenvalue weighted by Gasteiger charge is 2.04. The van der Waals surface area contributed by atoms with Crippen LogP contribution < -0.4 is 0 Å². The zero-order valence-corrected chi connectivity index (χ0v) is 8.66. The molecule has 2 aromatic heterocycles. The number of allylic oxidation sites excluding steroid dienone is 1. The fraction of sp³-hybridized carbons (Fsp3) is 0.0909. The van der Waals surface area contributed by atoms with Gasteiger partial charge in [0.05, 0.1) is 16.8 Å². The Balaban J connectivity index is 2.47. The van der Waals surface area contributed by atoms with Crippen LogP contribution >= 0.6 is 11.3 Å². The number of thiophene rings is 1. The standard InChI is InChI=1S/C11H10N2S/c1-2-3-9-4-7-14-11(9)10-8-12-5-6-13-10/h2-8H,1H3/b3-2+. The van der Waals surface area contributed by atoms with Gasteiger partial charge in [-0.2, -0.15) is 0 Å². The Morgan fingerprint density at radius 2 is 2.29 bits per heavy atom. The molecule has 2 aromatic rings. The normalized spacial score (nSPS) is 10.9. The van der Waals surface area contributed by atoms with Crippen molar-refractivity contribution in [1.29, 1.82) is 0 Å². The summed E-state index contributed by atoms with van der Waals surface area (Å²) < 4.78 is 0. The summed E-state index contributed by atoms with van der Waals surface area (Å²) in [4.78, 5) is 9.52. The second-order valence-corrected chi connectivity index (χ2v) is 3.71. The van der Waals surface area contributed by atoms with Crippen molar-refractivity contribution in [3.63, 3.8) is 0 Å². The second-order valence-electron chi connectivity index (χ2n) is 2.80. The number of rotatable bonds is 2. The lowest BCUT2D eigenvalue weighted by molar-refractivity contribution is 1.21. The smallest absolute Gasteiger partial charge is 0.0990 e. The average molecular weight is 202 g/mol. The molecule has 0 aliphatic rings. The minimum Gasteiger partial charge on any atom is -0.261 e. The molecule has 0 saturated heterocycles. The molecule has 2 rings (SSSR count). The molecule has 3 heteroatoms. The summed E-state index contributed by atoms with van der Waals surface area (Å²) in [6, 6.07) is 2.09. The van der Waals surface area contributed by atoms with Gasteiger partial charge >= 0.3 is 0 Å². The summed E-state index contributed by atoms with van der Waals surface area (Å²) in [5, 5.41) is 2.07. The molecule has 2 nitrogen and oxygen atoms in total. The minimum absolute atomic E-state index is 0.940. The second kappa shape index (κ2) is 4.15. The summed E-state index contributed by atoms with van der Waals surface area (Å²) in [6.45, 7) is 2.01. The molecular weight excluding hydrogens is 192 g/mol. The minimum atomic E-state index is 0.940. The Hall–Kier alpha value is -1.48. The van der Waals surface area contributed by atoms with Gasteiger partial charge in [-0.05, 0) is 23.9 Å². The van der Waals surface area contributed by atoms with Gasteiger partial charge in [0.15, 0.2) is 0 Å².